The van der Waals surface area contributed by atoms with Crippen molar-refractivity contribution in [3.8, 4) is 0 Å². The minimum Gasteiger partial charge on any atom is -0.311 e. The second kappa shape index (κ2) is 8.23. The standard InChI is InChI=1S/C12H21BrN2S/c1-3-8-15(4-2)9-7-14-10-11-5-6-12(13)16-11/h5-6,14H,3-4,7-10H2,1-2H3. The number of thiophene rings is 1. The van der Waals surface area contributed by atoms with Gasteiger partial charge in [-0.15, -0.1) is 11.3 Å². The van der Waals surface area contributed by atoms with Crippen LogP contribution < -0.4 is 5.32 Å². The van der Waals surface area contributed by atoms with Gasteiger partial charge in [-0.1, -0.05) is 13.8 Å². The van der Waals surface area contributed by atoms with E-state index in [1.54, 1.807) is 11.3 Å². The molecule has 0 radical (unpaired) electrons. The van der Waals surface area contributed by atoms with Gasteiger partial charge >= 0.3 is 0 Å². The van der Waals surface area contributed by atoms with E-state index in [1.807, 2.05) is 0 Å². The van der Waals surface area contributed by atoms with Crippen LogP contribution in [0.15, 0.2) is 15.9 Å². The molecule has 0 amide bonds. The van der Waals surface area contributed by atoms with Gasteiger partial charge < -0.3 is 10.2 Å². The highest BCUT2D eigenvalue weighted by atomic mass is 79.9. The Morgan fingerprint density at radius 3 is 2.69 bits per heavy atom. The first-order chi connectivity index (χ1) is 7.76. The molecule has 0 fully saturated rings. The summed E-state index contributed by atoms with van der Waals surface area (Å²) in [6.07, 6.45) is 1.24. The Labute approximate surface area is 111 Å². The third-order valence-electron chi connectivity index (χ3n) is 2.52. The van der Waals surface area contributed by atoms with Crippen molar-refractivity contribution < 1.29 is 0 Å². The molecule has 0 aliphatic heterocycles. The number of hydrogen-bond acceptors (Lipinski definition) is 3. The van der Waals surface area contributed by atoms with Gasteiger partial charge in [-0.3, -0.25) is 0 Å². The van der Waals surface area contributed by atoms with Crippen molar-refractivity contribution in [3.05, 3.63) is 20.8 Å². The summed E-state index contributed by atoms with van der Waals surface area (Å²) in [6, 6.07) is 4.28. The lowest BCUT2D eigenvalue weighted by Gasteiger charge is -2.19. The first-order valence-electron chi connectivity index (χ1n) is 5.93. The smallest absolute Gasteiger partial charge is 0.0701 e. The van der Waals surface area contributed by atoms with Crippen LogP contribution in [0.5, 0.6) is 0 Å². The molecular formula is C12H21BrN2S. The Bertz CT molecular complexity index is 288. The summed E-state index contributed by atoms with van der Waals surface area (Å²) in [5.74, 6) is 0. The SMILES string of the molecule is CCCN(CC)CCNCc1ccc(Br)s1. The maximum absolute atomic E-state index is 3.49. The van der Waals surface area contributed by atoms with Crippen molar-refractivity contribution in [3.63, 3.8) is 0 Å². The van der Waals surface area contributed by atoms with Crippen molar-refractivity contribution in [2.45, 2.75) is 26.8 Å². The zero-order valence-corrected chi connectivity index (χ0v) is 12.5. The van der Waals surface area contributed by atoms with E-state index >= 15 is 0 Å². The molecule has 1 rings (SSSR count). The quantitative estimate of drug-likeness (QED) is 0.741. The van der Waals surface area contributed by atoms with Gasteiger partial charge in [-0.05, 0) is 47.6 Å². The summed E-state index contributed by atoms with van der Waals surface area (Å²) < 4.78 is 1.21. The monoisotopic (exact) mass is 304 g/mol. The number of halogens is 1. The van der Waals surface area contributed by atoms with E-state index in [0.717, 1.165) is 26.2 Å². The van der Waals surface area contributed by atoms with Crippen LogP contribution in [-0.2, 0) is 6.54 Å². The maximum Gasteiger partial charge on any atom is 0.0701 e. The average molecular weight is 305 g/mol. The second-order valence-corrected chi connectivity index (χ2v) is 6.36. The highest BCUT2D eigenvalue weighted by Crippen LogP contribution is 2.21. The van der Waals surface area contributed by atoms with Gasteiger partial charge in [0.1, 0.15) is 0 Å². The molecule has 0 aliphatic rings. The van der Waals surface area contributed by atoms with E-state index in [0.29, 0.717) is 0 Å². The zero-order valence-electron chi connectivity index (χ0n) is 10.1. The van der Waals surface area contributed by atoms with Crippen LogP contribution in [0.1, 0.15) is 25.1 Å². The Hall–Kier alpha value is 0.1000. The van der Waals surface area contributed by atoms with Crippen molar-refractivity contribution in [2.24, 2.45) is 0 Å². The van der Waals surface area contributed by atoms with Crippen molar-refractivity contribution in [1.82, 2.24) is 10.2 Å². The molecule has 4 heteroatoms. The van der Waals surface area contributed by atoms with Crippen LogP contribution in [0, 0.1) is 0 Å². The van der Waals surface area contributed by atoms with Crippen LogP contribution in [0.2, 0.25) is 0 Å². The molecule has 0 atom stereocenters. The van der Waals surface area contributed by atoms with E-state index in [1.165, 1.54) is 21.6 Å². The van der Waals surface area contributed by atoms with Gasteiger partial charge in [0, 0.05) is 24.5 Å². The highest BCUT2D eigenvalue weighted by Gasteiger charge is 2.00. The number of nitrogens with one attached hydrogen (secondary N) is 1. The van der Waals surface area contributed by atoms with Crippen molar-refractivity contribution in [1.29, 1.82) is 0 Å². The Balaban J connectivity index is 2.11. The molecule has 0 aliphatic carbocycles. The topological polar surface area (TPSA) is 15.3 Å². The molecule has 0 aromatic carbocycles. The fourth-order valence-electron chi connectivity index (χ4n) is 1.64. The Kier molecular flexibility index (Phi) is 7.28. The summed E-state index contributed by atoms with van der Waals surface area (Å²) in [7, 11) is 0. The van der Waals surface area contributed by atoms with E-state index in [2.05, 4.69) is 52.1 Å². The third kappa shape index (κ3) is 5.43. The van der Waals surface area contributed by atoms with E-state index < -0.39 is 0 Å². The van der Waals surface area contributed by atoms with Gasteiger partial charge in [0.05, 0.1) is 3.79 Å². The van der Waals surface area contributed by atoms with Gasteiger partial charge in [0.25, 0.3) is 0 Å². The van der Waals surface area contributed by atoms with E-state index in [9.17, 15) is 0 Å². The molecule has 1 aromatic heterocycles. The summed E-state index contributed by atoms with van der Waals surface area (Å²) in [6.45, 7) is 10.0. The molecule has 0 bridgehead atoms. The molecule has 92 valence electrons. The Morgan fingerprint density at radius 2 is 2.12 bits per heavy atom. The first-order valence-corrected chi connectivity index (χ1v) is 7.54. The predicted octanol–water partition coefficient (Wildman–Crippen LogP) is 3.33. The number of rotatable bonds is 8. The average Bonchev–Trinajstić information content (AvgIpc) is 2.69. The normalized spacial score (nSPS) is 11.2. The molecule has 0 spiro atoms. The molecular weight excluding hydrogens is 284 g/mol. The van der Waals surface area contributed by atoms with Crippen molar-refractivity contribution >= 4 is 27.3 Å². The lowest BCUT2D eigenvalue weighted by Crippen LogP contribution is -2.32. The van der Waals surface area contributed by atoms with E-state index in [-0.39, 0.29) is 0 Å². The number of likely N-dealkylation sites (N-methyl/N-ethyl adjacent to an activating group) is 1. The third-order valence-corrected chi connectivity index (χ3v) is 4.14. The van der Waals surface area contributed by atoms with Crippen LogP contribution in [0.25, 0.3) is 0 Å². The van der Waals surface area contributed by atoms with Crippen LogP contribution in [0.4, 0.5) is 0 Å². The van der Waals surface area contributed by atoms with Gasteiger partial charge in [-0.25, -0.2) is 0 Å². The molecule has 2 nitrogen and oxygen atoms in total. The second-order valence-electron chi connectivity index (χ2n) is 3.82. The Morgan fingerprint density at radius 1 is 1.31 bits per heavy atom. The van der Waals surface area contributed by atoms with Crippen LogP contribution >= 0.6 is 27.3 Å². The largest absolute Gasteiger partial charge is 0.311 e. The van der Waals surface area contributed by atoms with Gasteiger partial charge in [-0.2, -0.15) is 0 Å². The van der Waals surface area contributed by atoms with Gasteiger partial charge in [0.2, 0.25) is 0 Å². The summed E-state index contributed by atoms with van der Waals surface area (Å²) >= 11 is 5.28. The summed E-state index contributed by atoms with van der Waals surface area (Å²) in [4.78, 5) is 3.88. The first kappa shape index (κ1) is 14.2. The number of hydrogen-bond donors (Lipinski definition) is 1. The lowest BCUT2D eigenvalue weighted by atomic mass is 10.4. The van der Waals surface area contributed by atoms with Crippen LogP contribution in [-0.4, -0.2) is 31.1 Å². The van der Waals surface area contributed by atoms with E-state index in [4.69, 9.17) is 0 Å². The maximum atomic E-state index is 3.49. The fraction of sp³-hybridized carbons (Fsp3) is 0.667. The molecule has 0 saturated heterocycles. The fourth-order valence-corrected chi connectivity index (χ4v) is 3.09. The molecule has 1 aromatic rings. The molecule has 0 unspecified atom stereocenters. The van der Waals surface area contributed by atoms with Crippen LogP contribution in [0.3, 0.4) is 0 Å². The molecule has 1 N–H and O–H groups in total. The molecule has 0 saturated carbocycles. The van der Waals surface area contributed by atoms with Gasteiger partial charge in [0.15, 0.2) is 0 Å². The highest BCUT2D eigenvalue weighted by molar-refractivity contribution is 9.11. The number of nitrogens with zero attached hydrogens (tertiary/aromatic N) is 1. The molecule has 1 heterocycles. The summed E-state index contributed by atoms with van der Waals surface area (Å²) in [5, 5.41) is 3.49. The lowest BCUT2D eigenvalue weighted by molar-refractivity contribution is 0.287. The van der Waals surface area contributed by atoms with Crippen molar-refractivity contribution in [2.75, 3.05) is 26.2 Å². The summed E-state index contributed by atoms with van der Waals surface area (Å²) in [5.41, 5.74) is 0. The zero-order chi connectivity index (χ0) is 11.8. The predicted molar refractivity (Wildman–Crippen MR) is 76.1 cm³/mol. The minimum absolute atomic E-state index is 0.986. The minimum atomic E-state index is 0.986. The molecule has 16 heavy (non-hydrogen) atoms.